The normalized spacial score (nSPS) is 10.1. The first-order valence-electron chi connectivity index (χ1n) is 6.01. The summed E-state index contributed by atoms with van der Waals surface area (Å²) in [5.74, 6) is -0.889. The Kier molecular flexibility index (Phi) is 5.57. The predicted octanol–water partition coefficient (Wildman–Crippen LogP) is 2.75. The number of hydrogen-bond acceptors (Lipinski definition) is 4. The van der Waals surface area contributed by atoms with Crippen LogP contribution >= 0.6 is 33.9 Å². The molecule has 2 N–H and O–H groups in total. The van der Waals surface area contributed by atoms with E-state index >= 15 is 0 Å². The summed E-state index contributed by atoms with van der Waals surface area (Å²) in [4.78, 5) is 23.7. The van der Waals surface area contributed by atoms with Crippen LogP contribution in [0.25, 0.3) is 0 Å². The molecule has 0 bridgehead atoms. The smallest absolute Gasteiger partial charge is 0.335 e. The van der Waals surface area contributed by atoms with E-state index in [-0.39, 0.29) is 18.1 Å². The molecule has 0 saturated carbocycles. The van der Waals surface area contributed by atoms with E-state index in [0.717, 1.165) is 8.45 Å². The Morgan fingerprint density at radius 3 is 2.81 bits per heavy atom. The van der Waals surface area contributed by atoms with Gasteiger partial charge in [-0.15, -0.1) is 11.3 Å². The summed E-state index contributed by atoms with van der Waals surface area (Å²) in [6.07, 6.45) is 0. The lowest BCUT2D eigenvalue weighted by molar-refractivity contribution is -0.123. The van der Waals surface area contributed by atoms with Crippen molar-refractivity contribution >= 4 is 45.8 Å². The zero-order valence-electron chi connectivity index (χ0n) is 10.8. The minimum atomic E-state index is -1.03. The molecule has 1 aromatic heterocycles. The molecule has 0 radical (unpaired) electrons. The first-order valence-corrected chi connectivity index (χ1v) is 7.97. The highest BCUT2D eigenvalue weighted by Gasteiger charge is 2.10. The number of amides is 1. The molecule has 0 aliphatic heterocycles. The zero-order chi connectivity index (χ0) is 15.2. The van der Waals surface area contributed by atoms with Crippen LogP contribution in [0.4, 0.5) is 0 Å². The average molecular weight is 417 g/mol. The van der Waals surface area contributed by atoms with Crippen LogP contribution in [0, 0.1) is 3.57 Å². The monoisotopic (exact) mass is 417 g/mol. The Morgan fingerprint density at radius 2 is 2.14 bits per heavy atom. The number of hydrogen-bond donors (Lipinski definition) is 2. The largest absolute Gasteiger partial charge is 0.483 e. The quantitative estimate of drug-likeness (QED) is 0.709. The van der Waals surface area contributed by atoms with Gasteiger partial charge in [0.15, 0.2) is 6.61 Å². The molecule has 1 aromatic carbocycles. The van der Waals surface area contributed by atoms with E-state index < -0.39 is 5.97 Å². The van der Waals surface area contributed by atoms with Crippen LogP contribution in [-0.4, -0.2) is 23.6 Å². The molecular formula is C14H12INO4S. The van der Waals surface area contributed by atoms with Crippen LogP contribution < -0.4 is 10.1 Å². The van der Waals surface area contributed by atoms with Gasteiger partial charge in [-0.2, -0.15) is 0 Å². The predicted molar refractivity (Wildman–Crippen MR) is 87.8 cm³/mol. The number of thiophene rings is 1. The number of carbonyl (C=O) groups is 2. The second-order valence-corrected chi connectivity index (χ2v) is 6.29. The first kappa shape index (κ1) is 15.8. The Hall–Kier alpha value is -1.61. The Bertz CT molecular complexity index is 642. The number of carbonyl (C=O) groups excluding carboxylic acids is 1. The molecule has 2 rings (SSSR count). The maximum atomic E-state index is 11.7. The number of aromatic carboxylic acids is 1. The lowest BCUT2D eigenvalue weighted by atomic mass is 10.2. The van der Waals surface area contributed by atoms with Gasteiger partial charge in [0.2, 0.25) is 0 Å². The van der Waals surface area contributed by atoms with Gasteiger partial charge in [0.1, 0.15) is 5.75 Å². The second-order valence-electron chi connectivity index (χ2n) is 4.10. The summed E-state index contributed by atoms with van der Waals surface area (Å²) in [5.41, 5.74) is 0.129. The van der Waals surface area contributed by atoms with E-state index in [0.29, 0.717) is 12.3 Å². The van der Waals surface area contributed by atoms with E-state index in [1.54, 1.807) is 17.4 Å². The SMILES string of the molecule is O=C(COc1cc(C(=O)O)ccc1I)NCc1cccs1. The molecule has 0 saturated heterocycles. The molecule has 0 spiro atoms. The van der Waals surface area contributed by atoms with Gasteiger partial charge in [-0.25, -0.2) is 4.79 Å². The zero-order valence-corrected chi connectivity index (χ0v) is 13.8. The van der Waals surface area contributed by atoms with E-state index in [2.05, 4.69) is 5.32 Å². The molecular weight excluding hydrogens is 405 g/mol. The summed E-state index contributed by atoms with van der Waals surface area (Å²) in [6.45, 7) is 0.316. The van der Waals surface area contributed by atoms with Crippen molar-refractivity contribution in [1.29, 1.82) is 0 Å². The molecule has 7 heteroatoms. The minimum Gasteiger partial charge on any atom is -0.483 e. The van der Waals surface area contributed by atoms with Crippen molar-refractivity contribution in [3.05, 3.63) is 49.7 Å². The van der Waals surface area contributed by atoms with Crippen LogP contribution in [-0.2, 0) is 11.3 Å². The third-order valence-corrected chi connectivity index (χ3v) is 4.34. The second kappa shape index (κ2) is 7.41. The van der Waals surface area contributed by atoms with E-state index in [4.69, 9.17) is 9.84 Å². The third-order valence-electron chi connectivity index (χ3n) is 2.58. The fraction of sp³-hybridized carbons (Fsp3) is 0.143. The Labute approximate surface area is 139 Å². The van der Waals surface area contributed by atoms with Crippen molar-refractivity contribution in [3.8, 4) is 5.75 Å². The van der Waals surface area contributed by atoms with Gasteiger partial charge in [-0.05, 0) is 52.2 Å². The van der Waals surface area contributed by atoms with Crippen molar-refractivity contribution in [2.45, 2.75) is 6.54 Å². The highest BCUT2D eigenvalue weighted by molar-refractivity contribution is 14.1. The summed E-state index contributed by atoms with van der Waals surface area (Å²) in [5, 5.41) is 13.6. The van der Waals surface area contributed by atoms with E-state index in [1.165, 1.54) is 12.1 Å². The summed E-state index contributed by atoms with van der Waals surface area (Å²) < 4.78 is 6.13. The number of halogens is 1. The fourth-order valence-corrected chi connectivity index (χ4v) is 2.68. The summed E-state index contributed by atoms with van der Waals surface area (Å²) >= 11 is 3.59. The number of carboxylic acid groups (broad SMARTS) is 1. The van der Waals surface area contributed by atoms with Gasteiger partial charge in [0.25, 0.3) is 5.91 Å². The van der Waals surface area contributed by atoms with Gasteiger partial charge in [0.05, 0.1) is 15.7 Å². The summed E-state index contributed by atoms with van der Waals surface area (Å²) in [7, 11) is 0. The van der Waals surface area contributed by atoms with Gasteiger partial charge in [-0.3, -0.25) is 4.79 Å². The molecule has 1 heterocycles. The van der Waals surface area contributed by atoms with Crippen LogP contribution in [0.2, 0.25) is 0 Å². The lowest BCUT2D eigenvalue weighted by Gasteiger charge is -2.09. The van der Waals surface area contributed by atoms with Crippen molar-refractivity contribution in [1.82, 2.24) is 5.32 Å². The highest BCUT2D eigenvalue weighted by Crippen LogP contribution is 2.22. The van der Waals surface area contributed by atoms with E-state index in [1.807, 2.05) is 40.1 Å². The van der Waals surface area contributed by atoms with Crippen molar-refractivity contribution < 1.29 is 19.4 Å². The Balaban J connectivity index is 1.88. The highest BCUT2D eigenvalue weighted by atomic mass is 127. The maximum absolute atomic E-state index is 11.7. The molecule has 0 fully saturated rings. The van der Waals surface area contributed by atoms with Gasteiger partial charge < -0.3 is 15.2 Å². The molecule has 0 atom stereocenters. The fourth-order valence-electron chi connectivity index (χ4n) is 1.54. The Morgan fingerprint density at radius 1 is 1.33 bits per heavy atom. The van der Waals surface area contributed by atoms with Gasteiger partial charge in [-0.1, -0.05) is 6.07 Å². The number of benzene rings is 1. The average Bonchev–Trinajstić information content (AvgIpc) is 2.97. The standard InChI is InChI=1S/C14H12INO4S/c15-11-4-3-9(14(18)19)6-12(11)20-8-13(17)16-7-10-2-1-5-21-10/h1-6H,7-8H2,(H,16,17)(H,18,19). The molecule has 0 aliphatic carbocycles. The van der Waals surface area contributed by atoms with Crippen LogP contribution in [0.3, 0.4) is 0 Å². The van der Waals surface area contributed by atoms with E-state index in [9.17, 15) is 9.59 Å². The molecule has 2 aromatic rings. The van der Waals surface area contributed by atoms with Crippen molar-refractivity contribution in [2.75, 3.05) is 6.61 Å². The summed E-state index contributed by atoms with van der Waals surface area (Å²) in [6, 6.07) is 8.40. The van der Waals surface area contributed by atoms with Crippen LogP contribution in [0.5, 0.6) is 5.75 Å². The molecule has 5 nitrogen and oxygen atoms in total. The first-order chi connectivity index (χ1) is 10.1. The molecule has 1 amide bonds. The number of ether oxygens (including phenoxy) is 1. The van der Waals surface area contributed by atoms with Crippen molar-refractivity contribution in [3.63, 3.8) is 0 Å². The topological polar surface area (TPSA) is 75.6 Å². The van der Waals surface area contributed by atoms with Crippen LogP contribution in [0.15, 0.2) is 35.7 Å². The van der Waals surface area contributed by atoms with Gasteiger partial charge in [0, 0.05) is 4.88 Å². The number of carboxylic acids is 1. The maximum Gasteiger partial charge on any atom is 0.335 e. The molecule has 110 valence electrons. The molecule has 0 unspecified atom stereocenters. The minimum absolute atomic E-state index is 0.129. The number of rotatable bonds is 6. The molecule has 21 heavy (non-hydrogen) atoms. The lowest BCUT2D eigenvalue weighted by Crippen LogP contribution is -2.28. The number of nitrogens with one attached hydrogen (secondary N) is 1. The molecule has 0 aliphatic rings. The van der Waals surface area contributed by atoms with Gasteiger partial charge >= 0.3 is 5.97 Å². The van der Waals surface area contributed by atoms with Crippen molar-refractivity contribution in [2.24, 2.45) is 0 Å². The third kappa shape index (κ3) is 4.71. The van der Waals surface area contributed by atoms with Crippen LogP contribution in [0.1, 0.15) is 15.2 Å².